The van der Waals surface area contributed by atoms with E-state index in [-0.39, 0.29) is 0 Å². The van der Waals surface area contributed by atoms with E-state index < -0.39 is 0 Å². The Bertz CT molecular complexity index is 373. The molecule has 1 aromatic carbocycles. The summed E-state index contributed by atoms with van der Waals surface area (Å²) >= 11 is 0. The zero-order valence-corrected chi connectivity index (χ0v) is 11.6. The molecule has 0 atom stereocenters. The Morgan fingerprint density at radius 3 is 1.88 bits per heavy atom. The number of rotatable bonds is 4. The van der Waals surface area contributed by atoms with Crippen molar-refractivity contribution in [1.82, 2.24) is 0 Å². The van der Waals surface area contributed by atoms with Crippen LogP contribution in [-0.4, -0.2) is 13.7 Å². The normalized spacial score (nSPS) is 17.2. The smallest absolute Gasteiger partial charge is 0.0522 e. The molecule has 0 radical (unpaired) electrons. The lowest BCUT2D eigenvalue weighted by atomic mass is 9.88. The van der Waals surface area contributed by atoms with Gasteiger partial charge in [0.05, 0.1) is 6.61 Å². The topological polar surface area (TPSA) is 9.23 Å². The summed E-state index contributed by atoms with van der Waals surface area (Å²) < 4.78 is 5.37. The standard InChI is InChI=1S/C16H24O/c1-5-12-7-14-9-16(3,11-17-4)10-15(14)8-13(12)6-2/h7-8H,5-6,9-11H2,1-4H3. The molecule has 1 nitrogen and oxygen atoms in total. The van der Waals surface area contributed by atoms with Gasteiger partial charge in [0, 0.05) is 7.11 Å². The van der Waals surface area contributed by atoms with Crippen molar-refractivity contribution in [3.63, 3.8) is 0 Å². The first-order valence-electron chi connectivity index (χ1n) is 6.74. The van der Waals surface area contributed by atoms with Gasteiger partial charge in [-0.15, -0.1) is 0 Å². The Morgan fingerprint density at radius 2 is 1.53 bits per heavy atom. The Kier molecular flexibility index (Phi) is 3.58. The molecule has 1 aromatic rings. The maximum Gasteiger partial charge on any atom is 0.0522 e. The van der Waals surface area contributed by atoms with Crippen molar-refractivity contribution < 1.29 is 4.74 Å². The van der Waals surface area contributed by atoms with E-state index in [0.29, 0.717) is 5.41 Å². The van der Waals surface area contributed by atoms with E-state index in [2.05, 4.69) is 32.9 Å². The number of hydrogen-bond acceptors (Lipinski definition) is 1. The second-order valence-corrected chi connectivity index (χ2v) is 5.69. The van der Waals surface area contributed by atoms with Crippen molar-refractivity contribution in [3.05, 3.63) is 34.4 Å². The molecule has 0 spiro atoms. The van der Waals surface area contributed by atoms with Crippen LogP contribution < -0.4 is 0 Å². The lowest BCUT2D eigenvalue weighted by molar-refractivity contribution is 0.0990. The molecule has 0 amide bonds. The van der Waals surface area contributed by atoms with Crippen LogP contribution in [0.15, 0.2) is 12.1 Å². The van der Waals surface area contributed by atoms with Crippen LogP contribution in [0.25, 0.3) is 0 Å². The van der Waals surface area contributed by atoms with Crippen molar-refractivity contribution in [2.75, 3.05) is 13.7 Å². The molecule has 0 N–H and O–H groups in total. The minimum atomic E-state index is 0.314. The van der Waals surface area contributed by atoms with Crippen molar-refractivity contribution in [2.24, 2.45) is 5.41 Å². The maximum absolute atomic E-state index is 5.37. The maximum atomic E-state index is 5.37. The molecule has 0 unspecified atom stereocenters. The predicted octanol–water partition coefficient (Wildman–Crippen LogP) is 3.56. The summed E-state index contributed by atoms with van der Waals surface area (Å²) in [6, 6.07) is 4.88. The van der Waals surface area contributed by atoms with Crippen LogP contribution in [-0.2, 0) is 30.4 Å². The van der Waals surface area contributed by atoms with E-state index in [4.69, 9.17) is 4.74 Å². The number of aryl methyl sites for hydroxylation is 2. The molecule has 2 rings (SSSR count). The van der Waals surface area contributed by atoms with Gasteiger partial charge in [-0.1, -0.05) is 32.9 Å². The summed E-state index contributed by atoms with van der Waals surface area (Å²) in [5, 5.41) is 0. The average molecular weight is 232 g/mol. The van der Waals surface area contributed by atoms with E-state index in [1.165, 1.54) is 24.0 Å². The first kappa shape index (κ1) is 12.6. The predicted molar refractivity (Wildman–Crippen MR) is 72.6 cm³/mol. The van der Waals surface area contributed by atoms with Gasteiger partial charge in [0.25, 0.3) is 0 Å². The highest BCUT2D eigenvalue weighted by molar-refractivity contribution is 5.42. The summed E-state index contributed by atoms with van der Waals surface area (Å²) in [6.45, 7) is 7.71. The minimum absolute atomic E-state index is 0.314. The van der Waals surface area contributed by atoms with Gasteiger partial charge in [-0.2, -0.15) is 0 Å². The first-order valence-corrected chi connectivity index (χ1v) is 6.74. The molecule has 94 valence electrons. The molecule has 1 aliphatic carbocycles. The van der Waals surface area contributed by atoms with Crippen molar-refractivity contribution in [2.45, 2.75) is 46.5 Å². The fourth-order valence-corrected chi connectivity index (χ4v) is 3.21. The highest BCUT2D eigenvalue weighted by Crippen LogP contribution is 2.38. The zero-order valence-electron chi connectivity index (χ0n) is 11.6. The Morgan fingerprint density at radius 1 is 1.06 bits per heavy atom. The first-order chi connectivity index (χ1) is 8.11. The van der Waals surface area contributed by atoms with Crippen LogP contribution in [0, 0.1) is 5.41 Å². The Hall–Kier alpha value is -0.820. The third kappa shape index (κ3) is 2.40. The number of ether oxygens (including phenoxy) is 1. The zero-order chi connectivity index (χ0) is 12.5. The van der Waals surface area contributed by atoms with Crippen LogP contribution in [0.4, 0.5) is 0 Å². The Labute approximate surface area is 105 Å². The summed E-state index contributed by atoms with van der Waals surface area (Å²) in [6.07, 6.45) is 4.65. The summed E-state index contributed by atoms with van der Waals surface area (Å²) in [4.78, 5) is 0. The lowest BCUT2D eigenvalue weighted by Crippen LogP contribution is -2.22. The molecule has 0 heterocycles. The van der Waals surface area contributed by atoms with Gasteiger partial charge in [0.1, 0.15) is 0 Å². The van der Waals surface area contributed by atoms with Crippen LogP contribution in [0.3, 0.4) is 0 Å². The SMILES string of the molecule is CCc1cc2c(cc1CC)CC(C)(COC)C2. The second-order valence-electron chi connectivity index (χ2n) is 5.69. The van der Waals surface area contributed by atoms with E-state index in [1.54, 1.807) is 11.1 Å². The molecule has 17 heavy (non-hydrogen) atoms. The van der Waals surface area contributed by atoms with Gasteiger partial charge in [-0.3, -0.25) is 0 Å². The molecule has 0 aliphatic heterocycles. The third-order valence-electron chi connectivity index (χ3n) is 4.01. The largest absolute Gasteiger partial charge is 0.384 e. The van der Waals surface area contributed by atoms with Crippen LogP contribution in [0.5, 0.6) is 0 Å². The van der Waals surface area contributed by atoms with Crippen molar-refractivity contribution in [3.8, 4) is 0 Å². The van der Waals surface area contributed by atoms with E-state index >= 15 is 0 Å². The second kappa shape index (κ2) is 4.81. The number of fused-ring (bicyclic) bond motifs is 1. The Balaban J connectivity index is 2.32. The quantitative estimate of drug-likeness (QED) is 0.771. The van der Waals surface area contributed by atoms with Gasteiger partial charge in [0.15, 0.2) is 0 Å². The van der Waals surface area contributed by atoms with Gasteiger partial charge >= 0.3 is 0 Å². The van der Waals surface area contributed by atoms with Crippen LogP contribution >= 0.6 is 0 Å². The van der Waals surface area contributed by atoms with E-state index in [1.807, 2.05) is 7.11 Å². The van der Waals surface area contributed by atoms with E-state index in [9.17, 15) is 0 Å². The fraction of sp³-hybridized carbons (Fsp3) is 0.625. The van der Waals surface area contributed by atoms with Gasteiger partial charge < -0.3 is 4.74 Å². The third-order valence-corrected chi connectivity index (χ3v) is 4.01. The highest BCUT2D eigenvalue weighted by atomic mass is 16.5. The summed E-state index contributed by atoms with van der Waals surface area (Å²) in [5.74, 6) is 0. The molecule has 0 saturated carbocycles. The lowest BCUT2D eigenvalue weighted by Gasteiger charge is -2.21. The molecular formula is C16H24O. The highest BCUT2D eigenvalue weighted by Gasteiger charge is 2.33. The molecule has 0 saturated heterocycles. The van der Waals surface area contributed by atoms with Crippen LogP contribution in [0.2, 0.25) is 0 Å². The average Bonchev–Trinajstić information content (AvgIpc) is 2.62. The minimum Gasteiger partial charge on any atom is -0.384 e. The monoisotopic (exact) mass is 232 g/mol. The summed E-state index contributed by atoms with van der Waals surface area (Å²) in [7, 11) is 1.81. The van der Waals surface area contributed by atoms with Gasteiger partial charge in [0.2, 0.25) is 0 Å². The number of benzene rings is 1. The molecule has 1 aliphatic rings. The fourth-order valence-electron chi connectivity index (χ4n) is 3.21. The summed E-state index contributed by atoms with van der Waals surface area (Å²) in [5.41, 5.74) is 6.49. The van der Waals surface area contributed by atoms with Gasteiger partial charge in [-0.25, -0.2) is 0 Å². The molecule has 0 bridgehead atoms. The molecule has 1 heteroatoms. The number of methoxy groups -OCH3 is 1. The van der Waals surface area contributed by atoms with Crippen molar-refractivity contribution >= 4 is 0 Å². The van der Waals surface area contributed by atoms with Crippen molar-refractivity contribution in [1.29, 1.82) is 0 Å². The molecule has 0 aromatic heterocycles. The van der Waals surface area contributed by atoms with E-state index in [0.717, 1.165) is 19.4 Å². The molecular weight excluding hydrogens is 208 g/mol. The molecule has 0 fully saturated rings. The number of hydrogen-bond donors (Lipinski definition) is 0. The van der Waals surface area contributed by atoms with Gasteiger partial charge in [-0.05, 0) is 53.4 Å². The van der Waals surface area contributed by atoms with Crippen LogP contribution in [0.1, 0.15) is 43.0 Å².